The van der Waals surface area contributed by atoms with E-state index in [1.807, 2.05) is 0 Å². The quantitative estimate of drug-likeness (QED) is 0.395. The van der Waals surface area contributed by atoms with Crippen LogP contribution in [0.1, 0.15) is 28.4 Å². The first kappa shape index (κ1) is 21.3. The summed E-state index contributed by atoms with van der Waals surface area (Å²) in [5.41, 5.74) is 1.77. The van der Waals surface area contributed by atoms with Gasteiger partial charge in [0.15, 0.2) is 0 Å². The standard InChI is InChI=1S/C23H23NO6/c1-3-17-21-18(23(28)24(22(17)27)16-7-5-4-6-8-16)9-10-19(30-14-12-26)20(21)15(2)29-13-11-25/h3-10,25-26H,2,11-14H2,1H3/b17-3+. The summed E-state index contributed by atoms with van der Waals surface area (Å²) in [5.74, 6) is -0.478. The van der Waals surface area contributed by atoms with Gasteiger partial charge in [0.05, 0.1) is 24.5 Å². The number of amides is 2. The Kier molecular flexibility index (Phi) is 6.66. The summed E-state index contributed by atoms with van der Waals surface area (Å²) in [6.45, 7) is 5.17. The van der Waals surface area contributed by atoms with Crippen molar-refractivity contribution in [1.82, 2.24) is 0 Å². The van der Waals surface area contributed by atoms with Crippen LogP contribution >= 0.6 is 0 Å². The van der Waals surface area contributed by atoms with Gasteiger partial charge in [-0.25, -0.2) is 4.90 Å². The van der Waals surface area contributed by atoms with Crippen molar-refractivity contribution in [2.24, 2.45) is 0 Å². The van der Waals surface area contributed by atoms with Gasteiger partial charge in [-0.3, -0.25) is 9.59 Å². The van der Waals surface area contributed by atoms with Crippen LogP contribution in [0.2, 0.25) is 0 Å². The molecule has 0 bridgehead atoms. The lowest BCUT2D eigenvalue weighted by Crippen LogP contribution is -2.42. The molecule has 2 aromatic carbocycles. The largest absolute Gasteiger partial charge is 0.491 e. The topological polar surface area (TPSA) is 96.3 Å². The minimum atomic E-state index is -0.475. The molecule has 0 aliphatic carbocycles. The van der Waals surface area contributed by atoms with Crippen molar-refractivity contribution in [1.29, 1.82) is 0 Å². The second kappa shape index (κ2) is 9.39. The van der Waals surface area contributed by atoms with Crippen molar-refractivity contribution < 1.29 is 29.3 Å². The maximum atomic E-state index is 13.3. The van der Waals surface area contributed by atoms with E-state index in [-0.39, 0.29) is 32.2 Å². The normalized spacial score (nSPS) is 14.6. The molecular weight excluding hydrogens is 386 g/mol. The molecular formula is C23H23NO6. The van der Waals surface area contributed by atoms with Gasteiger partial charge in [-0.2, -0.15) is 0 Å². The van der Waals surface area contributed by atoms with Crippen LogP contribution in [-0.2, 0) is 9.53 Å². The van der Waals surface area contributed by atoms with Gasteiger partial charge in [-0.1, -0.05) is 30.9 Å². The van der Waals surface area contributed by atoms with E-state index in [0.717, 1.165) is 4.90 Å². The molecule has 1 heterocycles. The zero-order chi connectivity index (χ0) is 21.7. The van der Waals surface area contributed by atoms with Crippen molar-refractivity contribution in [3.05, 3.63) is 71.8 Å². The Labute approximate surface area is 174 Å². The number of rotatable bonds is 8. The third-order valence-corrected chi connectivity index (χ3v) is 4.60. The van der Waals surface area contributed by atoms with Crippen LogP contribution in [0.25, 0.3) is 11.3 Å². The summed E-state index contributed by atoms with van der Waals surface area (Å²) in [6.07, 6.45) is 1.63. The molecule has 2 N–H and O–H groups in total. The highest BCUT2D eigenvalue weighted by Crippen LogP contribution is 2.41. The SMILES string of the molecule is C=C(OCCO)c1c(OCCO)ccc2c1/C(=C\C)C(=O)N(c1ccccc1)C2=O. The average Bonchev–Trinajstić information content (AvgIpc) is 2.76. The molecule has 0 saturated heterocycles. The predicted octanol–water partition coefficient (Wildman–Crippen LogP) is 2.63. The zero-order valence-electron chi connectivity index (χ0n) is 16.6. The highest BCUT2D eigenvalue weighted by molar-refractivity contribution is 6.41. The fourth-order valence-electron chi connectivity index (χ4n) is 3.35. The highest BCUT2D eigenvalue weighted by atomic mass is 16.5. The third kappa shape index (κ3) is 3.85. The van der Waals surface area contributed by atoms with E-state index in [9.17, 15) is 9.59 Å². The molecule has 2 amide bonds. The Morgan fingerprint density at radius 2 is 1.73 bits per heavy atom. The van der Waals surface area contributed by atoms with E-state index < -0.39 is 11.8 Å². The molecule has 3 rings (SSSR count). The zero-order valence-corrected chi connectivity index (χ0v) is 16.6. The number of aliphatic hydroxyl groups excluding tert-OH is 2. The Bertz CT molecular complexity index is 996. The number of allylic oxidation sites excluding steroid dienone is 1. The molecule has 7 heteroatoms. The predicted molar refractivity (Wildman–Crippen MR) is 113 cm³/mol. The first-order chi connectivity index (χ1) is 14.5. The summed E-state index contributed by atoms with van der Waals surface area (Å²) >= 11 is 0. The van der Waals surface area contributed by atoms with Gasteiger partial charge in [-0.05, 0) is 31.2 Å². The number of hydrogen-bond acceptors (Lipinski definition) is 6. The second-order valence-corrected chi connectivity index (χ2v) is 6.41. The van der Waals surface area contributed by atoms with Gasteiger partial charge in [0.2, 0.25) is 0 Å². The first-order valence-corrected chi connectivity index (χ1v) is 9.49. The maximum absolute atomic E-state index is 13.3. The van der Waals surface area contributed by atoms with E-state index >= 15 is 0 Å². The minimum absolute atomic E-state index is 0.00878. The number of carbonyl (C=O) groups is 2. The van der Waals surface area contributed by atoms with Crippen molar-refractivity contribution in [2.75, 3.05) is 31.3 Å². The lowest BCUT2D eigenvalue weighted by molar-refractivity contribution is -0.112. The summed E-state index contributed by atoms with van der Waals surface area (Å²) in [4.78, 5) is 27.7. The number of imide groups is 1. The molecule has 7 nitrogen and oxygen atoms in total. The van der Waals surface area contributed by atoms with Gasteiger partial charge in [0, 0.05) is 16.7 Å². The number of nitrogens with zero attached hydrogens (tertiary/aromatic N) is 1. The summed E-state index contributed by atoms with van der Waals surface area (Å²) < 4.78 is 11.1. The summed E-state index contributed by atoms with van der Waals surface area (Å²) in [6, 6.07) is 11.9. The monoisotopic (exact) mass is 409 g/mol. The number of fused-ring (bicyclic) bond motifs is 1. The van der Waals surface area contributed by atoms with Gasteiger partial charge < -0.3 is 19.7 Å². The van der Waals surface area contributed by atoms with Crippen molar-refractivity contribution >= 4 is 28.8 Å². The fourth-order valence-corrected chi connectivity index (χ4v) is 3.35. The molecule has 30 heavy (non-hydrogen) atoms. The number of carbonyl (C=O) groups excluding carboxylic acids is 2. The van der Waals surface area contributed by atoms with Gasteiger partial charge >= 0.3 is 0 Å². The summed E-state index contributed by atoms with van der Waals surface area (Å²) in [7, 11) is 0. The van der Waals surface area contributed by atoms with Gasteiger partial charge in [0.25, 0.3) is 11.8 Å². The molecule has 0 atom stereocenters. The van der Waals surface area contributed by atoms with Crippen LogP contribution in [0, 0.1) is 0 Å². The van der Waals surface area contributed by atoms with Crippen LogP contribution in [0.4, 0.5) is 5.69 Å². The lowest BCUT2D eigenvalue weighted by atomic mass is 9.87. The molecule has 0 saturated carbocycles. The Morgan fingerprint density at radius 1 is 1.03 bits per heavy atom. The molecule has 0 unspecified atom stereocenters. The molecule has 0 radical (unpaired) electrons. The third-order valence-electron chi connectivity index (χ3n) is 4.60. The van der Waals surface area contributed by atoms with Crippen molar-refractivity contribution in [3.63, 3.8) is 0 Å². The molecule has 156 valence electrons. The molecule has 1 aliphatic heterocycles. The average molecular weight is 409 g/mol. The number of anilines is 1. The fraction of sp³-hybridized carbons (Fsp3) is 0.217. The van der Waals surface area contributed by atoms with Crippen LogP contribution < -0.4 is 9.64 Å². The molecule has 1 aliphatic rings. The van der Waals surface area contributed by atoms with Crippen LogP contribution in [0.3, 0.4) is 0 Å². The maximum Gasteiger partial charge on any atom is 0.265 e. The number of para-hydroxylation sites is 1. The number of aliphatic hydroxyl groups is 2. The number of benzene rings is 2. The Morgan fingerprint density at radius 3 is 2.37 bits per heavy atom. The van der Waals surface area contributed by atoms with E-state index in [4.69, 9.17) is 19.7 Å². The van der Waals surface area contributed by atoms with Crippen molar-refractivity contribution in [3.8, 4) is 5.75 Å². The number of hydrogen-bond donors (Lipinski definition) is 2. The lowest BCUT2D eigenvalue weighted by Gasteiger charge is -2.31. The Balaban J connectivity index is 2.21. The molecule has 0 fully saturated rings. The number of ether oxygens (including phenoxy) is 2. The van der Waals surface area contributed by atoms with E-state index in [1.165, 1.54) is 0 Å². The van der Waals surface area contributed by atoms with E-state index in [1.54, 1.807) is 55.5 Å². The minimum Gasteiger partial charge on any atom is -0.491 e. The second-order valence-electron chi connectivity index (χ2n) is 6.41. The molecule has 0 aromatic heterocycles. The highest BCUT2D eigenvalue weighted by Gasteiger charge is 2.38. The van der Waals surface area contributed by atoms with E-state index in [0.29, 0.717) is 33.7 Å². The Hall–Kier alpha value is -3.42. The van der Waals surface area contributed by atoms with Crippen LogP contribution in [0.5, 0.6) is 5.75 Å². The van der Waals surface area contributed by atoms with Gasteiger partial charge in [0.1, 0.15) is 24.7 Å². The smallest absolute Gasteiger partial charge is 0.265 e. The van der Waals surface area contributed by atoms with E-state index in [2.05, 4.69) is 6.58 Å². The summed E-state index contributed by atoms with van der Waals surface area (Å²) in [5, 5.41) is 18.2. The molecule has 0 spiro atoms. The van der Waals surface area contributed by atoms with Crippen molar-refractivity contribution in [2.45, 2.75) is 6.92 Å². The van der Waals surface area contributed by atoms with Crippen LogP contribution in [0.15, 0.2) is 55.1 Å². The first-order valence-electron chi connectivity index (χ1n) is 9.49. The van der Waals surface area contributed by atoms with Crippen LogP contribution in [-0.4, -0.2) is 48.5 Å². The molecule has 2 aromatic rings. The van der Waals surface area contributed by atoms with Gasteiger partial charge in [-0.15, -0.1) is 0 Å².